The number of hydrogen-bond acceptors (Lipinski definition) is 6. The molecule has 18 heavy (non-hydrogen) atoms. The fourth-order valence-electron chi connectivity index (χ4n) is 1.24. The van der Waals surface area contributed by atoms with E-state index in [1.807, 2.05) is 0 Å². The van der Waals surface area contributed by atoms with Gasteiger partial charge in [-0.3, -0.25) is 0 Å². The van der Waals surface area contributed by atoms with Gasteiger partial charge in [0.1, 0.15) is 4.90 Å². The smallest absolute Gasteiger partial charge is 0.335 e. The van der Waals surface area contributed by atoms with Crippen LogP contribution < -0.4 is 10.5 Å². The highest BCUT2D eigenvalue weighted by Crippen LogP contribution is 2.25. The summed E-state index contributed by atoms with van der Waals surface area (Å²) in [6, 6.07) is 4.17. The average Bonchev–Trinajstić information content (AvgIpc) is 2.62. The number of sulfonamides is 1. The van der Waals surface area contributed by atoms with E-state index in [2.05, 4.69) is 30.8 Å². The van der Waals surface area contributed by atoms with Crippen LogP contribution in [0, 0.1) is 6.92 Å². The fourth-order valence-corrected chi connectivity index (χ4v) is 3.26. The zero-order valence-electron chi connectivity index (χ0n) is 9.21. The number of nitrogen functional groups attached to an aromatic ring is 1. The topological polar surface area (TPSA) is 111 Å². The third-order valence-corrected chi connectivity index (χ3v) is 4.29. The molecule has 0 atom stereocenters. The monoisotopic (exact) mass is 332 g/mol. The molecule has 2 rings (SSSR count). The lowest BCUT2D eigenvalue weighted by atomic mass is 10.3. The number of anilines is 2. The van der Waals surface area contributed by atoms with E-state index in [0.29, 0.717) is 16.0 Å². The SMILES string of the molecule is Cc1noc(NS(=O)(=O)c2ccc(N)cc2Br)n1. The summed E-state index contributed by atoms with van der Waals surface area (Å²) in [4.78, 5) is 3.80. The van der Waals surface area contributed by atoms with Gasteiger partial charge in [0.25, 0.3) is 10.0 Å². The van der Waals surface area contributed by atoms with Crippen LogP contribution in [0.4, 0.5) is 11.7 Å². The van der Waals surface area contributed by atoms with E-state index in [1.54, 1.807) is 6.92 Å². The van der Waals surface area contributed by atoms with Crippen molar-refractivity contribution in [1.29, 1.82) is 0 Å². The van der Waals surface area contributed by atoms with E-state index in [-0.39, 0.29) is 10.9 Å². The molecule has 9 heteroatoms. The Hall–Kier alpha value is -1.61. The number of benzene rings is 1. The Bertz CT molecular complexity index is 683. The summed E-state index contributed by atoms with van der Waals surface area (Å²) in [5.41, 5.74) is 5.99. The minimum Gasteiger partial charge on any atom is -0.399 e. The summed E-state index contributed by atoms with van der Waals surface area (Å²) in [5.74, 6) is 0.337. The molecule has 0 spiro atoms. The van der Waals surface area contributed by atoms with Crippen molar-refractivity contribution >= 4 is 37.7 Å². The molecule has 3 N–H and O–H groups in total. The molecule has 96 valence electrons. The van der Waals surface area contributed by atoms with Gasteiger partial charge >= 0.3 is 6.01 Å². The first kappa shape index (κ1) is 12.8. The first-order chi connectivity index (χ1) is 8.38. The molecule has 0 aliphatic heterocycles. The van der Waals surface area contributed by atoms with Crippen LogP contribution in [0.25, 0.3) is 0 Å². The first-order valence-electron chi connectivity index (χ1n) is 4.76. The number of nitrogens with zero attached hydrogens (tertiary/aromatic N) is 2. The summed E-state index contributed by atoms with van der Waals surface area (Å²) in [6.45, 7) is 1.58. The quantitative estimate of drug-likeness (QED) is 0.824. The van der Waals surface area contributed by atoms with E-state index in [9.17, 15) is 8.42 Å². The lowest BCUT2D eigenvalue weighted by Crippen LogP contribution is -2.14. The van der Waals surface area contributed by atoms with Crippen molar-refractivity contribution in [2.75, 3.05) is 10.5 Å². The van der Waals surface area contributed by atoms with Crippen molar-refractivity contribution < 1.29 is 12.9 Å². The van der Waals surface area contributed by atoms with Gasteiger partial charge in [-0.1, -0.05) is 5.16 Å². The minimum atomic E-state index is -3.80. The molecule has 0 unspecified atom stereocenters. The van der Waals surface area contributed by atoms with Crippen LogP contribution in [0.1, 0.15) is 5.82 Å². The molecule has 7 nitrogen and oxygen atoms in total. The lowest BCUT2D eigenvalue weighted by molar-refractivity contribution is 0.429. The molecular formula is C9H9BrN4O3S. The fraction of sp³-hybridized carbons (Fsp3) is 0.111. The standard InChI is InChI=1S/C9H9BrN4O3S/c1-5-12-9(17-13-5)14-18(15,16)8-3-2-6(11)4-7(8)10/h2-4H,11H2,1H3,(H,12,13,14). The van der Waals surface area contributed by atoms with Gasteiger partial charge in [0.2, 0.25) is 0 Å². The minimum absolute atomic E-state index is 0.0348. The maximum Gasteiger partial charge on any atom is 0.335 e. The van der Waals surface area contributed by atoms with Gasteiger partial charge in [-0.25, -0.2) is 13.1 Å². The second-order valence-corrected chi connectivity index (χ2v) is 5.95. The van der Waals surface area contributed by atoms with Crippen LogP contribution in [0.15, 0.2) is 32.1 Å². The number of aryl methyl sites for hydroxylation is 1. The number of hydrogen-bond donors (Lipinski definition) is 2. The van der Waals surface area contributed by atoms with E-state index in [0.717, 1.165) is 0 Å². The predicted octanol–water partition coefficient (Wildman–Crippen LogP) is 1.52. The molecule has 0 saturated carbocycles. The van der Waals surface area contributed by atoms with E-state index >= 15 is 0 Å². The second-order valence-electron chi connectivity index (χ2n) is 3.44. The van der Waals surface area contributed by atoms with Crippen LogP contribution in [-0.4, -0.2) is 18.6 Å². The Morgan fingerprint density at radius 3 is 2.72 bits per heavy atom. The van der Waals surface area contributed by atoms with Gasteiger partial charge in [-0.15, -0.1) is 0 Å². The summed E-state index contributed by atoms with van der Waals surface area (Å²) >= 11 is 3.14. The van der Waals surface area contributed by atoms with Gasteiger partial charge in [0.05, 0.1) is 0 Å². The van der Waals surface area contributed by atoms with Crippen molar-refractivity contribution in [3.05, 3.63) is 28.5 Å². The van der Waals surface area contributed by atoms with E-state index < -0.39 is 10.0 Å². The maximum atomic E-state index is 12.0. The molecule has 0 amide bonds. The summed E-state index contributed by atoms with van der Waals surface area (Å²) in [5, 5.41) is 3.49. The number of aromatic nitrogens is 2. The second kappa shape index (κ2) is 4.58. The Labute approximate surface area is 112 Å². The predicted molar refractivity (Wildman–Crippen MR) is 68.4 cm³/mol. The Kier molecular flexibility index (Phi) is 3.26. The van der Waals surface area contributed by atoms with Crippen LogP contribution >= 0.6 is 15.9 Å². The largest absolute Gasteiger partial charge is 0.399 e. The Morgan fingerprint density at radius 1 is 1.44 bits per heavy atom. The summed E-state index contributed by atoms with van der Waals surface area (Å²) < 4.78 is 31.3. The maximum absolute atomic E-state index is 12.0. The van der Waals surface area contributed by atoms with Crippen molar-refractivity contribution in [3.8, 4) is 0 Å². The van der Waals surface area contributed by atoms with Crippen LogP contribution in [0.2, 0.25) is 0 Å². The van der Waals surface area contributed by atoms with Gasteiger partial charge < -0.3 is 10.3 Å². The van der Waals surface area contributed by atoms with Crippen molar-refractivity contribution in [2.24, 2.45) is 0 Å². The average molecular weight is 333 g/mol. The van der Waals surface area contributed by atoms with Crippen LogP contribution in [-0.2, 0) is 10.0 Å². The van der Waals surface area contributed by atoms with Crippen LogP contribution in [0.5, 0.6) is 0 Å². The normalized spacial score (nSPS) is 11.4. The number of rotatable bonds is 3. The third-order valence-electron chi connectivity index (χ3n) is 1.99. The Balaban J connectivity index is 2.36. The molecule has 1 heterocycles. The van der Waals surface area contributed by atoms with Gasteiger partial charge in [-0.05, 0) is 41.1 Å². The molecule has 0 aliphatic carbocycles. The van der Waals surface area contributed by atoms with Crippen molar-refractivity contribution in [1.82, 2.24) is 10.1 Å². The highest BCUT2D eigenvalue weighted by atomic mass is 79.9. The zero-order valence-corrected chi connectivity index (χ0v) is 11.6. The molecule has 0 radical (unpaired) electrons. The van der Waals surface area contributed by atoms with E-state index in [1.165, 1.54) is 18.2 Å². The van der Waals surface area contributed by atoms with Gasteiger partial charge in [0, 0.05) is 10.2 Å². The summed E-state index contributed by atoms with van der Waals surface area (Å²) in [7, 11) is -3.80. The lowest BCUT2D eigenvalue weighted by Gasteiger charge is -2.06. The zero-order chi connectivity index (χ0) is 13.3. The van der Waals surface area contributed by atoms with Crippen molar-refractivity contribution in [2.45, 2.75) is 11.8 Å². The number of nitrogens with one attached hydrogen (secondary N) is 1. The van der Waals surface area contributed by atoms with E-state index in [4.69, 9.17) is 10.3 Å². The molecule has 0 aliphatic rings. The molecule has 1 aromatic heterocycles. The number of nitrogens with two attached hydrogens (primary N) is 1. The summed E-state index contributed by atoms with van der Waals surface area (Å²) in [6.07, 6.45) is 0. The molecule has 2 aromatic rings. The molecule has 0 fully saturated rings. The highest BCUT2D eigenvalue weighted by Gasteiger charge is 2.20. The van der Waals surface area contributed by atoms with Crippen LogP contribution in [0.3, 0.4) is 0 Å². The molecule has 0 saturated heterocycles. The first-order valence-corrected chi connectivity index (χ1v) is 7.04. The van der Waals surface area contributed by atoms with Gasteiger partial charge in [0.15, 0.2) is 5.82 Å². The molecule has 1 aromatic carbocycles. The third kappa shape index (κ3) is 2.62. The molecule has 0 bridgehead atoms. The molecular weight excluding hydrogens is 324 g/mol. The van der Waals surface area contributed by atoms with Crippen molar-refractivity contribution in [3.63, 3.8) is 0 Å². The Morgan fingerprint density at radius 2 is 2.17 bits per heavy atom. The number of halogens is 1. The van der Waals surface area contributed by atoms with Gasteiger partial charge in [-0.2, -0.15) is 4.98 Å². The highest BCUT2D eigenvalue weighted by molar-refractivity contribution is 9.10.